The minimum atomic E-state index is -3.66. The Labute approximate surface area is 219 Å². The summed E-state index contributed by atoms with van der Waals surface area (Å²) in [6, 6.07) is 18.4. The molecule has 0 saturated carbocycles. The topological polar surface area (TPSA) is 69.7 Å². The summed E-state index contributed by atoms with van der Waals surface area (Å²) in [4.78, 5) is 15.1. The molecule has 1 heterocycles. The van der Waals surface area contributed by atoms with Crippen LogP contribution in [0.1, 0.15) is 56.1 Å². The highest BCUT2D eigenvalue weighted by atomic mass is 35.5. The lowest BCUT2D eigenvalue weighted by Crippen LogP contribution is -2.50. The number of hydrogen-bond donors (Lipinski definition) is 1. The van der Waals surface area contributed by atoms with Crippen LogP contribution in [-0.4, -0.2) is 55.2 Å². The van der Waals surface area contributed by atoms with E-state index in [2.05, 4.69) is 33.0 Å². The molecule has 1 atom stereocenters. The number of fused-ring (bicyclic) bond motifs is 1. The SMILES string of the molecule is CCC(NC(C)(C)C)c1ccc(C(=O)N2CCN(S(=O)(=O)c3ccc4cc(Cl)ccc4c3)CC2)cc1. The van der Waals surface area contributed by atoms with Crippen LogP contribution in [0.2, 0.25) is 5.02 Å². The van der Waals surface area contributed by atoms with E-state index in [1.807, 2.05) is 36.4 Å². The smallest absolute Gasteiger partial charge is 0.253 e. The second-order valence-corrected chi connectivity index (χ2v) is 12.7. The van der Waals surface area contributed by atoms with Crippen LogP contribution < -0.4 is 5.32 Å². The van der Waals surface area contributed by atoms with Gasteiger partial charge >= 0.3 is 0 Å². The molecule has 192 valence electrons. The lowest BCUT2D eigenvalue weighted by atomic mass is 9.98. The van der Waals surface area contributed by atoms with Gasteiger partial charge in [0.15, 0.2) is 0 Å². The summed E-state index contributed by atoms with van der Waals surface area (Å²) in [6.45, 7) is 9.80. The molecule has 3 aromatic rings. The van der Waals surface area contributed by atoms with E-state index < -0.39 is 10.0 Å². The number of nitrogens with zero attached hydrogens (tertiary/aromatic N) is 2. The Morgan fingerprint density at radius 1 is 0.944 bits per heavy atom. The van der Waals surface area contributed by atoms with Gasteiger partial charge in [-0.05, 0) is 79.9 Å². The average Bonchev–Trinajstić information content (AvgIpc) is 2.86. The Balaban J connectivity index is 1.41. The van der Waals surface area contributed by atoms with Crippen LogP contribution in [0.5, 0.6) is 0 Å². The molecule has 1 saturated heterocycles. The first-order valence-electron chi connectivity index (χ1n) is 12.3. The maximum absolute atomic E-state index is 13.3. The van der Waals surface area contributed by atoms with Gasteiger partial charge in [0, 0.05) is 48.3 Å². The number of rotatable bonds is 6. The molecule has 0 aliphatic carbocycles. The van der Waals surface area contributed by atoms with Crippen molar-refractivity contribution >= 4 is 38.3 Å². The van der Waals surface area contributed by atoms with Gasteiger partial charge in [-0.1, -0.05) is 42.8 Å². The molecule has 0 radical (unpaired) electrons. The molecule has 0 bridgehead atoms. The van der Waals surface area contributed by atoms with Gasteiger partial charge in [-0.3, -0.25) is 4.79 Å². The van der Waals surface area contributed by atoms with Crippen molar-refractivity contribution in [2.45, 2.75) is 50.6 Å². The number of benzene rings is 3. The molecule has 36 heavy (non-hydrogen) atoms. The zero-order chi connectivity index (χ0) is 26.1. The Morgan fingerprint density at radius 2 is 1.56 bits per heavy atom. The lowest BCUT2D eigenvalue weighted by molar-refractivity contribution is 0.0698. The number of sulfonamides is 1. The van der Waals surface area contributed by atoms with Gasteiger partial charge in [0.25, 0.3) is 5.91 Å². The molecule has 1 amide bonds. The summed E-state index contributed by atoms with van der Waals surface area (Å²) >= 11 is 6.04. The number of piperazine rings is 1. The molecule has 1 aliphatic rings. The fraction of sp³-hybridized carbons (Fsp3) is 0.393. The minimum Gasteiger partial charge on any atom is -0.336 e. The third-order valence-electron chi connectivity index (χ3n) is 6.51. The summed E-state index contributed by atoms with van der Waals surface area (Å²) in [5, 5.41) is 5.94. The average molecular weight is 528 g/mol. The molecule has 6 nitrogen and oxygen atoms in total. The number of halogens is 1. The molecule has 3 aromatic carbocycles. The predicted molar refractivity (Wildman–Crippen MR) is 146 cm³/mol. The van der Waals surface area contributed by atoms with Crippen LogP contribution in [0.15, 0.2) is 65.6 Å². The zero-order valence-electron chi connectivity index (χ0n) is 21.3. The van der Waals surface area contributed by atoms with E-state index in [0.717, 1.165) is 22.8 Å². The lowest BCUT2D eigenvalue weighted by Gasteiger charge is -2.34. The number of hydrogen-bond acceptors (Lipinski definition) is 4. The molecule has 0 aromatic heterocycles. The Bertz CT molecular complexity index is 1340. The molecule has 1 N–H and O–H groups in total. The van der Waals surface area contributed by atoms with Crippen LogP contribution in [-0.2, 0) is 10.0 Å². The van der Waals surface area contributed by atoms with E-state index in [9.17, 15) is 13.2 Å². The monoisotopic (exact) mass is 527 g/mol. The summed E-state index contributed by atoms with van der Waals surface area (Å²) in [5.41, 5.74) is 1.77. The van der Waals surface area contributed by atoms with Crippen molar-refractivity contribution in [3.8, 4) is 0 Å². The number of carbonyl (C=O) groups is 1. The highest BCUT2D eigenvalue weighted by Crippen LogP contribution is 2.26. The molecule has 8 heteroatoms. The molecular weight excluding hydrogens is 494 g/mol. The van der Waals surface area contributed by atoms with Crippen LogP contribution in [0, 0.1) is 0 Å². The first kappa shape index (κ1) is 26.6. The third kappa shape index (κ3) is 5.92. The molecular formula is C28H34ClN3O3S. The summed E-state index contributed by atoms with van der Waals surface area (Å²) < 4.78 is 28.0. The van der Waals surface area contributed by atoms with Crippen LogP contribution >= 0.6 is 11.6 Å². The van der Waals surface area contributed by atoms with E-state index in [1.54, 1.807) is 29.2 Å². The maximum atomic E-state index is 13.3. The van der Waals surface area contributed by atoms with Gasteiger partial charge in [-0.25, -0.2) is 8.42 Å². The normalized spacial score (nSPS) is 16.3. The van der Waals surface area contributed by atoms with Crippen molar-refractivity contribution in [3.05, 3.63) is 76.8 Å². The van der Waals surface area contributed by atoms with Gasteiger partial charge in [-0.15, -0.1) is 0 Å². The zero-order valence-corrected chi connectivity index (χ0v) is 22.9. The van der Waals surface area contributed by atoms with Gasteiger partial charge in [0.05, 0.1) is 4.90 Å². The second-order valence-electron chi connectivity index (χ2n) is 10.3. The minimum absolute atomic E-state index is 0.00422. The van der Waals surface area contributed by atoms with Gasteiger partial charge in [0.2, 0.25) is 10.0 Å². The van der Waals surface area contributed by atoms with E-state index >= 15 is 0 Å². The Hall–Kier alpha value is -2.45. The molecule has 0 spiro atoms. The fourth-order valence-electron chi connectivity index (χ4n) is 4.62. The van der Waals surface area contributed by atoms with Crippen LogP contribution in [0.4, 0.5) is 0 Å². The van der Waals surface area contributed by atoms with Crippen LogP contribution in [0.3, 0.4) is 0 Å². The predicted octanol–water partition coefficient (Wildman–Crippen LogP) is 5.48. The largest absolute Gasteiger partial charge is 0.336 e. The van der Waals surface area contributed by atoms with Gasteiger partial charge in [-0.2, -0.15) is 4.31 Å². The molecule has 1 unspecified atom stereocenters. The van der Waals surface area contributed by atoms with Crippen molar-refractivity contribution in [2.24, 2.45) is 0 Å². The van der Waals surface area contributed by atoms with Crippen LogP contribution in [0.25, 0.3) is 10.8 Å². The van der Waals surface area contributed by atoms with Gasteiger partial charge in [0.1, 0.15) is 0 Å². The van der Waals surface area contributed by atoms with Crippen molar-refractivity contribution in [3.63, 3.8) is 0 Å². The first-order valence-corrected chi connectivity index (χ1v) is 14.2. The van der Waals surface area contributed by atoms with Crippen molar-refractivity contribution in [1.82, 2.24) is 14.5 Å². The highest BCUT2D eigenvalue weighted by molar-refractivity contribution is 7.89. The summed E-state index contributed by atoms with van der Waals surface area (Å²) in [6.07, 6.45) is 0.950. The van der Waals surface area contributed by atoms with Crippen molar-refractivity contribution < 1.29 is 13.2 Å². The summed E-state index contributed by atoms with van der Waals surface area (Å²) in [7, 11) is -3.66. The number of nitrogens with one attached hydrogen (secondary N) is 1. The quantitative estimate of drug-likeness (QED) is 0.461. The van der Waals surface area contributed by atoms with Crippen molar-refractivity contribution in [1.29, 1.82) is 0 Å². The van der Waals surface area contributed by atoms with Crippen molar-refractivity contribution in [2.75, 3.05) is 26.2 Å². The highest BCUT2D eigenvalue weighted by Gasteiger charge is 2.30. The number of carbonyl (C=O) groups excluding carboxylic acids is 1. The van der Waals surface area contributed by atoms with Gasteiger partial charge < -0.3 is 10.2 Å². The van der Waals surface area contributed by atoms with E-state index in [0.29, 0.717) is 23.7 Å². The Kier molecular flexibility index (Phi) is 7.76. The standard InChI is InChI=1S/C28H34ClN3O3S/c1-5-26(30-28(2,3)4)20-6-8-21(9-7-20)27(33)31-14-16-32(17-15-31)36(34,35)25-13-11-22-18-24(29)12-10-23(22)19-25/h6-13,18-19,26,30H,5,14-17H2,1-4H3. The second kappa shape index (κ2) is 10.5. The van der Waals surface area contributed by atoms with E-state index in [1.165, 1.54) is 4.31 Å². The maximum Gasteiger partial charge on any atom is 0.253 e. The fourth-order valence-corrected chi connectivity index (χ4v) is 6.26. The third-order valence-corrected chi connectivity index (χ3v) is 8.64. The first-order chi connectivity index (χ1) is 17.0. The van der Waals surface area contributed by atoms with E-state index in [-0.39, 0.29) is 35.5 Å². The molecule has 1 fully saturated rings. The molecule has 4 rings (SSSR count). The summed E-state index contributed by atoms with van der Waals surface area (Å²) in [5.74, 6) is -0.0713. The Morgan fingerprint density at radius 3 is 2.17 bits per heavy atom. The number of amides is 1. The molecule has 1 aliphatic heterocycles. The van der Waals surface area contributed by atoms with E-state index in [4.69, 9.17) is 11.6 Å².